The Bertz CT molecular complexity index is 1530. The predicted octanol–water partition coefficient (Wildman–Crippen LogP) is 2.36. The summed E-state index contributed by atoms with van der Waals surface area (Å²) < 4.78 is 38.5. The lowest BCUT2D eigenvalue weighted by molar-refractivity contribution is -0.140. The van der Waals surface area contributed by atoms with E-state index in [2.05, 4.69) is 10.6 Å². The van der Waals surface area contributed by atoms with Crippen LogP contribution in [-0.4, -0.2) is 49.6 Å². The van der Waals surface area contributed by atoms with Crippen LogP contribution in [-0.2, 0) is 19.6 Å². The molecule has 0 saturated carbocycles. The monoisotopic (exact) mass is 529 g/mol. The molecule has 3 N–H and O–H groups in total. The quantitative estimate of drug-likeness (QED) is 0.352. The number of ether oxygens (including phenoxy) is 1. The second-order valence-corrected chi connectivity index (χ2v) is 11.7. The number of benzene rings is 1. The molecule has 1 aromatic heterocycles. The number of nitrogens with zero attached hydrogens (tertiary/aromatic N) is 1. The molecule has 0 spiro atoms. The number of hydrogen-bond acceptors (Lipinski definition) is 9. The second-order valence-electron chi connectivity index (χ2n) is 9.85. The normalized spacial score (nSPS) is 20.4. The van der Waals surface area contributed by atoms with Gasteiger partial charge in [-0.1, -0.05) is 13.0 Å². The number of carboxylic acid groups (broad SMARTS) is 1. The van der Waals surface area contributed by atoms with Crippen LogP contribution in [0, 0.1) is 12.3 Å². The number of hydrogen-bond donors (Lipinski definition) is 3. The van der Waals surface area contributed by atoms with Crippen LogP contribution >= 0.6 is 0 Å². The number of aliphatic carboxylic acids is 1. The van der Waals surface area contributed by atoms with Crippen molar-refractivity contribution in [2.45, 2.75) is 43.7 Å². The van der Waals surface area contributed by atoms with Gasteiger partial charge in [0.25, 0.3) is 10.9 Å². The van der Waals surface area contributed by atoms with Gasteiger partial charge in [0.2, 0.25) is 10.0 Å². The number of aryl methyl sites for hydroxylation is 1. The van der Waals surface area contributed by atoms with Gasteiger partial charge in [-0.2, -0.15) is 4.31 Å². The number of anilines is 3. The van der Waals surface area contributed by atoms with Gasteiger partial charge in [0.05, 0.1) is 24.2 Å². The highest BCUT2D eigenvalue weighted by Gasteiger charge is 2.45. The highest BCUT2D eigenvalue weighted by atomic mass is 32.2. The van der Waals surface area contributed by atoms with Gasteiger partial charge in [0.1, 0.15) is 28.9 Å². The fourth-order valence-electron chi connectivity index (χ4n) is 4.87. The molecule has 2 atom stereocenters. The smallest absolute Gasteiger partial charge is 0.322 e. The lowest BCUT2D eigenvalue weighted by Gasteiger charge is -2.44. The van der Waals surface area contributed by atoms with E-state index in [1.807, 2.05) is 26.0 Å². The third-order valence-electron chi connectivity index (χ3n) is 7.00. The molecule has 5 rings (SSSR count). The average Bonchev–Trinajstić information content (AvgIpc) is 3.52. The van der Waals surface area contributed by atoms with E-state index in [1.54, 1.807) is 6.07 Å². The number of carboxylic acids is 1. The minimum Gasteiger partial charge on any atom is -0.480 e. The van der Waals surface area contributed by atoms with Crippen molar-refractivity contribution in [1.29, 1.82) is 0 Å². The van der Waals surface area contributed by atoms with E-state index in [0.29, 0.717) is 31.2 Å². The van der Waals surface area contributed by atoms with Crippen molar-refractivity contribution in [3.8, 4) is 0 Å². The fraction of sp³-hybridized carbons (Fsp3) is 0.400. The van der Waals surface area contributed by atoms with E-state index < -0.39 is 38.9 Å². The summed E-state index contributed by atoms with van der Waals surface area (Å²) in [4.78, 5) is 36.4. The van der Waals surface area contributed by atoms with Gasteiger partial charge in [-0.25, -0.2) is 8.42 Å². The topological polar surface area (TPSA) is 155 Å². The Kier molecular flexibility index (Phi) is 6.21. The molecule has 11 nitrogen and oxygen atoms in total. The zero-order valence-corrected chi connectivity index (χ0v) is 21.1. The number of sulfonamides is 1. The van der Waals surface area contributed by atoms with E-state index in [4.69, 9.17) is 9.15 Å². The van der Waals surface area contributed by atoms with Crippen molar-refractivity contribution in [1.82, 2.24) is 4.31 Å². The Hall–Kier alpha value is -3.48. The molecule has 0 radical (unpaired) electrons. The first-order valence-electron chi connectivity index (χ1n) is 11.9. The zero-order valence-electron chi connectivity index (χ0n) is 20.3. The molecule has 3 aromatic rings. The largest absolute Gasteiger partial charge is 0.480 e. The summed E-state index contributed by atoms with van der Waals surface area (Å²) in [6, 6.07) is 7.81. The zero-order chi connectivity index (χ0) is 26.5. The Morgan fingerprint density at radius 1 is 1.16 bits per heavy atom. The van der Waals surface area contributed by atoms with Crippen LogP contribution in [0.25, 0.3) is 0 Å². The first-order valence-corrected chi connectivity index (χ1v) is 13.3. The summed E-state index contributed by atoms with van der Waals surface area (Å²) in [5.74, 6) is 0.116. The molecule has 2 saturated heterocycles. The van der Waals surface area contributed by atoms with Crippen LogP contribution in [0.3, 0.4) is 0 Å². The summed E-state index contributed by atoms with van der Waals surface area (Å²) >= 11 is 0. The van der Waals surface area contributed by atoms with Crippen LogP contribution in [0.4, 0.5) is 17.1 Å². The number of rotatable bonds is 9. The van der Waals surface area contributed by atoms with E-state index in [0.717, 1.165) is 4.31 Å². The molecule has 3 heterocycles. The van der Waals surface area contributed by atoms with Gasteiger partial charge in [-0.05, 0) is 50.1 Å². The highest BCUT2D eigenvalue weighted by molar-refractivity contribution is 7.89. The molecule has 2 unspecified atom stereocenters. The minimum absolute atomic E-state index is 0.0150. The third kappa shape index (κ3) is 4.34. The summed E-state index contributed by atoms with van der Waals surface area (Å²) in [5.41, 5.74) is -1.43. The fourth-order valence-corrected chi connectivity index (χ4v) is 6.57. The van der Waals surface area contributed by atoms with E-state index in [9.17, 15) is 27.9 Å². The van der Waals surface area contributed by atoms with Crippen LogP contribution in [0.2, 0.25) is 0 Å². The van der Waals surface area contributed by atoms with E-state index in [1.165, 1.54) is 18.2 Å². The molecule has 2 aliphatic rings. The van der Waals surface area contributed by atoms with Crippen molar-refractivity contribution in [2.75, 3.05) is 30.4 Å². The second kappa shape index (κ2) is 9.12. The molecule has 0 bridgehead atoms. The third-order valence-corrected chi connectivity index (χ3v) is 8.91. The molecule has 2 fully saturated rings. The summed E-state index contributed by atoms with van der Waals surface area (Å²) in [6.45, 7) is 4.79. The molecule has 0 aliphatic carbocycles. The molecule has 37 heavy (non-hydrogen) atoms. The van der Waals surface area contributed by atoms with Gasteiger partial charge in [-0.3, -0.25) is 14.4 Å². The molecule has 0 amide bonds. The molecular weight excluding hydrogens is 502 g/mol. The highest BCUT2D eigenvalue weighted by Crippen LogP contribution is 2.43. The van der Waals surface area contributed by atoms with Crippen molar-refractivity contribution < 1.29 is 27.5 Å². The van der Waals surface area contributed by atoms with Crippen LogP contribution in [0.5, 0.6) is 0 Å². The maximum Gasteiger partial charge on any atom is 0.322 e. The van der Waals surface area contributed by atoms with E-state index >= 15 is 0 Å². The van der Waals surface area contributed by atoms with Gasteiger partial charge in [-0.15, -0.1) is 0 Å². The summed E-state index contributed by atoms with van der Waals surface area (Å²) in [6.07, 6.45) is 0.693. The summed E-state index contributed by atoms with van der Waals surface area (Å²) in [5, 5.41) is 15.5. The molecule has 2 aromatic carbocycles. The number of carbonyl (C=O) groups is 1. The molecule has 12 heteroatoms. The van der Waals surface area contributed by atoms with E-state index in [-0.39, 0.29) is 40.3 Å². The first-order chi connectivity index (χ1) is 17.5. The van der Waals surface area contributed by atoms with Crippen molar-refractivity contribution in [3.05, 3.63) is 68.4 Å². The van der Waals surface area contributed by atoms with Crippen molar-refractivity contribution in [3.63, 3.8) is 0 Å². The van der Waals surface area contributed by atoms with Gasteiger partial charge < -0.3 is 24.9 Å². The SMILES string of the molecule is Cc1ccc(C(Nc2c(Nc3cccc(S(=O)(=O)N4CCCC4C(=O)O)c3)c(=O)c2=O)C2(C)COC2)o1. The van der Waals surface area contributed by atoms with Crippen LogP contribution < -0.4 is 21.5 Å². The Morgan fingerprint density at radius 3 is 2.51 bits per heavy atom. The first kappa shape index (κ1) is 25.2. The Morgan fingerprint density at radius 2 is 1.89 bits per heavy atom. The average molecular weight is 530 g/mol. The Labute approximate surface area is 212 Å². The predicted molar refractivity (Wildman–Crippen MR) is 134 cm³/mol. The maximum atomic E-state index is 13.2. The standard InChI is InChI=1S/C25H27N3O8S/c1-14-8-9-18(36-14)23(25(2)12-35-13-25)27-20-19(21(29)22(20)30)26-15-5-3-6-16(11-15)37(33,34)28-10-4-7-17(28)24(31)32/h3,5-6,8-9,11,17,23,26-27H,4,7,10,12-13H2,1-2H3,(H,31,32). The van der Waals surface area contributed by atoms with Gasteiger partial charge in [0.15, 0.2) is 0 Å². The minimum atomic E-state index is -4.08. The van der Waals surface area contributed by atoms with Crippen LogP contribution in [0.1, 0.15) is 37.3 Å². The number of furan rings is 1. The molecular formula is C25H27N3O8S. The van der Waals surface area contributed by atoms with Gasteiger partial charge >= 0.3 is 5.97 Å². The van der Waals surface area contributed by atoms with Gasteiger partial charge in [0, 0.05) is 17.6 Å². The number of nitrogens with one attached hydrogen (secondary N) is 2. The maximum absolute atomic E-state index is 13.2. The molecule has 196 valence electrons. The van der Waals surface area contributed by atoms with Crippen molar-refractivity contribution in [2.24, 2.45) is 5.41 Å². The lowest BCUT2D eigenvalue weighted by Crippen LogP contribution is -2.49. The van der Waals surface area contributed by atoms with Crippen LogP contribution in [0.15, 0.2) is 55.3 Å². The lowest BCUT2D eigenvalue weighted by atomic mass is 9.79. The van der Waals surface area contributed by atoms with Crippen molar-refractivity contribution >= 4 is 33.1 Å². The summed E-state index contributed by atoms with van der Waals surface area (Å²) in [7, 11) is -4.08. The molecule has 2 aliphatic heterocycles. The Balaban J connectivity index is 1.42.